The number of rotatable bonds is 3. The number of aromatic carboxylic acids is 1. The summed E-state index contributed by atoms with van der Waals surface area (Å²) in [7, 11) is 0. The molecule has 1 aliphatic rings. The first-order valence-corrected chi connectivity index (χ1v) is 5.86. The highest BCUT2D eigenvalue weighted by molar-refractivity contribution is 5.87. The first-order valence-electron chi connectivity index (χ1n) is 5.86. The summed E-state index contributed by atoms with van der Waals surface area (Å²) < 4.78 is 0. The van der Waals surface area contributed by atoms with Gasteiger partial charge in [-0.25, -0.2) is 9.78 Å². The van der Waals surface area contributed by atoms with E-state index in [1.807, 2.05) is 0 Å². The van der Waals surface area contributed by atoms with Gasteiger partial charge in [-0.05, 0) is 24.5 Å². The molecule has 0 radical (unpaired) electrons. The number of carboxylic acid groups (broad SMARTS) is 1. The Morgan fingerprint density at radius 1 is 1.65 bits per heavy atom. The van der Waals surface area contributed by atoms with Crippen molar-refractivity contribution in [1.82, 2.24) is 4.98 Å². The molecule has 1 saturated heterocycles. The predicted octanol–water partition coefficient (Wildman–Crippen LogP) is 1.60. The van der Waals surface area contributed by atoms with E-state index in [9.17, 15) is 4.79 Å². The van der Waals surface area contributed by atoms with Gasteiger partial charge < -0.3 is 15.7 Å². The Bertz CT molecular complexity index is 434. The van der Waals surface area contributed by atoms with Gasteiger partial charge in [-0.15, -0.1) is 0 Å². The number of carboxylic acids is 1. The van der Waals surface area contributed by atoms with Crippen LogP contribution in [-0.2, 0) is 0 Å². The van der Waals surface area contributed by atoms with Crippen LogP contribution in [0.5, 0.6) is 0 Å². The van der Waals surface area contributed by atoms with Crippen molar-refractivity contribution < 1.29 is 9.90 Å². The Balaban J connectivity index is 2.25. The monoisotopic (exact) mass is 235 g/mol. The van der Waals surface area contributed by atoms with Crippen molar-refractivity contribution >= 4 is 17.5 Å². The Morgan fingerprint density at radius 2 is 2.41 bits per heavy atom. The number of nitrogens with two attached hydrogens (primary N) is 1. The lowest BCUT2D eigenvalue weighted by atomic mass is 10.1. The van der Waals surface area contributed by atoms with E-state index in [2.05, 4.69) is 16.8 Å². The first kappa shape index (κ1) is 11.7. The number of aromatic nitrogens is 1. The highest BCUT2D eigenvalue weighted by Crippen LogP contribution is 2.28. The summed E-state index contributed by atoms with van der Waals surface area (Å²) in [5.74, 6) is 0.253. The molecule has 1 atom stereocenters. The molecule has 17 heavy (non-hydrogen) atoms. The fraction of sp³-hybridized carbons (Fsp3) is 0.500. The molecule has 92 valence electrons. The summed E-state index contributed by atoms with van der Waals surface area (Å²) in [5.41, 5.74) is 6.46. The predicted molar refractivity (Wildman–Crippen MR) is 66.2 cm³/mol. The number of hydrogen-bond donors (Lipinski definition) is 2. The molecule has 1 aromatic rings. The lowest BCUT2D eigenvalue weighted by Crippen LogP contribution is -2.23. The summed E-state index contributed by atoms with van der Waals surface area (Å²) in [4.78, 5) is 17.1. The Morgan fingerprint density at radius 3 is 3.00 bits per heavy atom. The molecule has 0 aliphatic carbocycles. The van der Waals surface area contributed by atoms with Crippen LogP contribution in [0.4, 0.5) is 11.5 Å². The first-order chi connectivity index (χ1) is 8.11. The van der Waals surface area contributed by atoms with Gasteiger partial charge in [0.2, 0.25) is 0 Å². The molecule has 0 aromatic carbocycles. The molecule has 1 unspecified atom stereocenters. The van der Waals surface area contributed by atoms with Crippen molar-refractivity contribution in [1.29, 1.82) is 0 Å². The van der Waals surface area contributed by atoms with Gasteiger partial charge in [-0.3, -0.25) is 0 Å². The summed E-state index contributed by atoms with van der Waals surface area (Å²) >= 11 is 0. The van der Waals surface area contributed by atoms with E-state index in [4.69, 9.17) is 10.8 Å². The number of nitrogens with zero attached hydrogens (tertiary/aromatic N) is 2. The minimum Gasteiger partial charge on any atom is -0.477 e. The van der Waals surface area contributed by atoms with Crippen molar-refractivity contribution in [3.05, 3.63) is 17.8 Å². The third kappa shape index (κ3) is 2.33. The Hall–Kier alpha value is -1.78. The Kier molecular flexibility index (Phi) is 3.17. The molecule has 0 amide bonds. The van der Waals surface area contributed by atoms with E-state index in [0.717, 1.165) is 25.9 Å². The molecule has 0 bridgehead atoms. The van der Waals surface area contributed by atoms with Crippen LogP contribution in [-0.4, -0.2) is 29.1 Å². The minimum atomic E-state index is -1.02. The smallest absolute Gasteiger partial charge is 0.354 e. The zero-order chi connectivity index (χ0) is 12.4. The quantitative estimate of drug-likeness (QED) is 0.831. The van der Waals surface area contributed by atoms with E-state index in [1.54, 1.807) is 6.07 Å². The van der Waals surface area contributed by atoms with Gasteiger partial charge in [0.1, 0.15) is 0 Å². The number of hydrogen-bond acceptors (Lipinski definition) is 4. The van der Waals surface area contributed by atoms with Gasteiger partial charge in [0.05, 0.1) is 5.69 Å². The molecule has 0 saturated carbocycles. The van der Waals surface area contributed by atoms with Crippen molar-refractivity contribution in [3.8, 4) is 0 Å². The molecule has 2 rings (SSSR count). The molecule has 1 fully saturated rings. The van der Waals surface area contributed by atoms with E-state index in [1.165, 1.54) is 6.07 Å². The van der Waals surface area contributed by atoms with Gasteiger partial charge in [-0.2, -0.15) is 0 Å². The van der Waals surface area contributed by atoms with Crippen LogP contribution in [0.1, 0.15) is 30.3 Å². The Labute approximate surface area is 100 Å². The second kappa shape index (κ2) is 4.61. The zero-order valence-electron chi connectivity index (χ0n) is 9.89. The number of carbonyl (C=O) groups is 1. The van der Waals surface area contributed by atoms with E-state index in [-0.39, 0.29) is 5.69 Å². The molecule has 3 N–H and O–H groups in total. The normalized spacial score (nSPS) is 19.6. The maximum atomic E-state index is 10.9. The van der Waals surface area contributed by atoms with Gasteiger partial charge in [0, 0.05) is 13.1 Å². The maximum absolute atomic E-state index is 10.9. The number of pyridine rings is 1. The van der Waals surface area contributed by atoms with Crippen molar-refractivity contribution in [3.63, 3.8) is 0 Å². The maximum Gasteiger partial charge on any atom is 0.354 e. The molecule has 1 aliphatic heterocycles. The van der Waals surface area contributed by atoms with Crippen LogP contribution in [0.15, 0.2) is 12.1 Å². The highest BCUT2D eigenvalue weighted by Gasteiger charge is 2.24. The number of nitrogen functional groups attached to an aromatic ring is 1. The van der Waals surface area contributed by atoms with Gasteiger partial charge in [-0.1, -0.05) is 13.3 Å². The summed E-state index contributed by atoms with van der Waals surface area (Å²) in [6, 6.07) is 3.06. The molecular weight excluding hydrogens is 218 g/mol. The average molecular weight is 235 g/mol. The fourth-order valence-corrected chi connectivity index (χ4v) is 2.19. The average Bonchev–Trinajstić information content (AvgIpc) is 2.77. The second-order valence-corrected chi connectivity index (χ2v) is 4.42. The largest absolute Gasteiger partial charge is 0.477 e. The molecule has 2 heterocycles. The van der Waals surface area contributed by atoms with Gasteiger partial charge in [0.25, 0.3) is 0 Å². The standard InChI is InChI=1S/C12H17N3O2/c1-2-8-5-6-15(7-8)11-9(13)3-4-10(14-11)12(16)17/h3-4,8H,2,5-7,13H2,1H3,(H,16,17). The van der Waals surface area contributed by atoms with Gasteiger partial charge in [0.15, 0.2) is 11.5 Å². The van der Waals surface area contributed by atoms with Crippen LogP contribution in [0, 0.1) is 5.92 Å². The topological polar surface area (TPSA) is 79.5 Å². The lowest BCUT2D eigenvalue weighted by Gasteiger charge is -2.19. The molecular formula is C12H17N3O2. The molecule has 1 aromatic heterocycles. The van der Waals surface area contributed by atoms with E-state index in [0.29, 0.717) is 17.4 Å². The third-order valence-electron chi connectivity index (χ3n) is 3.29. The van der Waals surface area contributed by atoms with Crippen molar-refractivity contribution in [2.75, 3.05) is 23.7 Å². The van der Waals surface area contributed by atoms with E-state index >= 15 is 0 Å². The minimum absolute atomic E-state index is 0.0501. The van der Waals surface area contributed by atoms with E-state index < -0.39 is 5.97 Å². The van der Waals surface area contributed by atoms with Crippen molar-refractivity contribution in [2.45, 2.75) is 19.8 Å². The number of anilines is 2. The van der Waals surface area contributed by atoms with Crippen LogP contribution in [0.2, 0.25) is 0 Å². The van der Waals surface area contributed by atoms with Crippen LogP contribution >= 0.6 is 0 Å². The highest BCUT2D eigenvalue weighted by atomic mass is 16.4. The zero-order valence-corrected chi connectivity index (χ0v) is 9.89. The third-order valence-corrected chi connectivity index (χ3v) is 3.29. The van der Waals surface area contributed by atoms with Crippen LogP contribution in [0.25, 0.3) is 0 Å². The molecule has 0 spiro atoms. The summed E-state index contributed by atoms with van der Waals surface area (Å²) in [6.45, 7) is 3.98. The SMILES string of the molecule is CCC1CCN(c2nc(C(=O)O)ccc2N)C1. The van der Waals surface area contributed by atoms with Crippen LogP contribution < -0.4 is 10.6 Å². The van der Waals surface area contributed by atoms with Crippen molar-refractivity contribution in [2.24, 2.45) is 5.92 Å². The lowest BCUT2D eigenvalue weighted by molar-refractivity contribution is 0.0690. The summed E-state index contributed by atoms with van der Waals surface area (Å²) in [6.07, 6.45) is 2.25. The molecule has 5 nitrogen and oxygen atoms in total. The van der Waals surface area contributed by atoms with Gasteiger partial charge >= 0.3 is 5.97 Å². The molecule has 5 heteroatoms. The fourth-order valence-electron chi connectivity index (χ4n) is 2.19. The summed E-state index contributed by atoms with van der Waals surface area (Å²) in [5, 5.41) is 8.92. The van der Waals surface area contributed by atoms with Crippen LogP contribution in [0.3, 0.4) is 0 Å². The second-order valence-electron chi connectivity index (χ2n) is 4.42.